The first-order valence-corrected chi connectivity index (χ1v) is 5.43. The summed E-state index contributed by atoms with van der Waals surface area (Å²) < 4.78 is 39.1. The third-order valence-corrected chi connectivity index (χ3v) is 2.61. The minimum atomic E-state index is -4.50. The summed E-state index contributed by atoms with van der Waals surface area (Å²) in [6.07, 6.45) is -1.75. The molecule has 0 aliphatic heterocycles. The number of nitrogens with two attached hydrogens (primary N) is 1. The van der Waals surface area contributed by atoms with Crippen LogP contribution < -0.4 is 5.73 Å². The number of hydrogen-bond acceptors (Lipinski definition) is 2. The highest BCUT2D eigenvalue weighted by atomic mass is 35.5. The molecule has 1 heterocycles. The number of aromatic nitrogens is 2. The van der Waals surface area contributed by atoms with Crippen LogP contribution in [0.15, 0.2) is 30.6 Å². The predicted octanol–water partition coefficient (Wildman–Crippen LogP) is 2.83. The molecule has 1 aromatic carbocycles. The average Bonchev–Trinajstić information content (AvgIpc) is 2.73. The number of halogens is 4. The molecule has 0 unspecified atom stereocenters. The van der Waals surface area contributed by atoms with E-state index in [9.17, 15) is 13.2 Å². The lowest BCUT2D eigenvalue weighted by molar-refractivity contribution is -0.137. The van der Waals surface area contributed by atoms with E-state index in [1.807, 2.05) is 0 Å². The lowest BCUT2D eigenvalue weighted by Crippen LogP contribution is -2.17. The normalized spacial score (nSPS) is 11.6. The van der Waals surface area contributed by atoms with E-state index < -0.39 is 17.6 Å². The Morgan fingerprint density at radius 3 is 2.53 bits per heavy atom. The van der Waals surface area contributed by atoms with Crippen LogP contribution in [0.4, 0.5) is 13.2 Å². The Morgan fingerprint density at radius 1 is 1.37 bits per heavy atom. The molecular formula is C11H8ClF3N4. The van der Waals surface area contributed by atoms with Crippen molar-refractivity contribution in [3.05, 3.63) is 46.7 Å². The number of hydrogen-bond donors (Lipinski definition) is 2. The van der Waals surface area contributed by atoms with Gasteiger partial charge in [-0.2, -0.15) is 18.3 Å². The first-order valence-electron chi connectivity index (χ1n) is 5.05. The van der Waals surface area contributed by atoms with Crippen LogP contribution >= 0.6 is 11.6 Å². The maximum absolute atomic E-state index is 12.6. The number of amidine groups is 1. The monoisotopic (exact) mass is 288 g/mol. The van der Waals surface area contributed by atoms with Crippen molar-refractivity contribution in [2.45, 2.75) is 6.18 Å². The van der Waals surface area contributed by atoms with E-state index >= 15 is 0 Å². The fourth-order valence-electron chi connectivity index (χ4n) is 1.56. The summed E-state index contributed by atoms with van der Waals surface area (Å²) in [6, 6.07) is 2.91. The van der Waals surface area contributed by atoms with Gasteiger partial charge in [0.25, 0.3) is 0 Å². The highest BCUT2D eigenvalue weighted by Crippen LogP contribution is 2.31. The summed E-state index contributed by atoms with van der Waals surface area (Å²) in [4.78, 5) is 0. The van der Waals surface area contributed by atoms with Gasteiger partial charge in [-0.05, 0) is 18.2 Å². The highest BCUT2D eigenvalue weighted by molar-refractivity contribution is 6.30. The fraction of sp³-hybridized carbons (Fsp3) is 0.0909. The summed E-state index contributed by atoms with van der Waals surface area (Å²) in [6.45, 7) is 0. The van der Waals surface area contributed by atoms with Crippen molar-refractivity contribution >= 4 is 17.4 Å². The second kappa shape index (κ2) is 4.58. The van der Waals surface area contributed by atoms with Crippen LogP contribution in [0, 0.1) is 5.41 Å². The Kier molecular flexibility index (Phi) is 3.23. The molecule has 0 atom stereocenters. The SMILES string of the molecule is N=C(N)c1cc(C(F)(F)F)ccc1-n1cc(Cl)cn1. The van der Waals surface area contributed by atoms with Gasteiger partial charge in [0.1, 0.15) is 5.84 Å². The van der Waals surface area contributed by atoms with Gasteiger partial charge in [-0.1, -0.05) is 11.6 Å². The van der Waals surface area contributed by atoms with E-state index in [-0.39, 0.29) is 11.3 Å². The maximum atomic E-state index is 12.6. The number of nitrogens with one attached hydrogen (secondary N) is 1. The van der Waals surface area contributed by atoms with Gasteiger partial charge in [0, 0.05) is 11.8 Å². The number of alkyl halides is 3. The Bertz CT molecular complexity index is 633. The van der Waals surface area contributed by atoms with E-state index in [1.54, 1.807) is 0 Å². The lowest BCUT2D eigenvalue weighted by atomic mass is 10.1. The van der Waals surface area contributed by atoms with Crippen molar-refractivity contribution in [3.8, 4) is 5.69 Å². The molecule has 0 saturated carbocycles. The molecule has 0 saturated heterocycles. The van der Waals surface area contributed by atoms with Gasteiger partial charge >= 0.3 is 6.18 Å². The maximum Gasteiger partial charge on any atom is 0.416 e. The van der Waals surface area contributed by atoms with Crippen molar-refractivity contribution in [1.82, 2.24) is 9.78 Å². The molecular weight excluding hydrogens is 281 g/mol. The first-order chi connectivity index (χ1) is 8.79. The molecule has 3 N–H and O–H groups in total. The van der Waals surface area contributed by atoms with Gasteiger partial charge < -0.3 is 5.73 Å². The van der Waals surface area contributed by atoms with Gasteiger partial charge in [-0.25, -0.2) is 4.68 Å². The zero-order valence-corrected chi connectivity index (χ0v) is 10.1. The molecule has 0 spiro atoms. The van der Waals surface area contributed by atoms with Gasteiger partial charge in [-0.3, -0.25) is 5.41 Å². The second-order valence-electron chi connectivity index (χ2n) is 3.75. The van der Waals surface area contributed by atoms with Gasteiger partial charge in [0.15, 0.2) is 0 Å². The van der Waals surface area contributed by atoms with Crippen LogP contribution in [0.2, 0.25) is 5.02 Å². The molecule has 19 heavy (non-hydrogen) atoms. The van der Waals surface area contributed by atoms with Crippen LogP contribution in [0.1, 0.15) is 11.1 Å². The lowest BCUT2D eigenvalue weighted by Gasteiger charge is -2.12. The molecule has 0 aliphatic carbocycles. The molecule has 4 nitrogen and oxygen atoms in total. The third kappa shape index (κ3) is 2.70. The van der Waals surface area contributed by atoms with Crippen molar-refractivity contribution in [2.24, 2.45) is 5.73 Å². The summed E-state index contributed by atoms with van der Waals surface area (Å²) in [5.74, 6) is -0.479. The summed E-state index contributed by atoms with van der Waals surface area (Å²) in [5.41, 5.74) is 4.63. The summed E-state index contributed by atoms with van der Waals surface area (Å²) >= 11 is 5.70. The van der Waals surface area contributed by atoms with E-state index in [4.69, 9.17) is 22.7 Å². The van der Waals surface area contributed by atoms with Crippen LogP contribution in [0.5, 0.6) is 0 Å². The second-order valence-corrected chi connectivity index (χ2v) is 4.18. The number of benzene rings is 1. The van der Waals surface area contributed by atoms with Crippen molar-refractivity contribution < 1.29 is 13.2 Å². The highest BCUT2D eigenvalue weighted by Gasteiger charge is 2.31. The van der Waals surface area contributed by atoms with Crippen LogP contribution in [-0.2, 0) is 6.18 Å². The largest absolute Gasteiger partial charge is 0.416 e. The number of nitrogen functional groups attached to an aromatic ring is 1. The zero-order valence-electron chi connectivity index (χ0n) is 9.37. The minimum Gasteiger partial charge on any atom is -0.384 e. The Balaban J connectivity index is 2.60. The molecule has 0 bridgehead atoms. The van der Waals surface area contributed by atoms with Crippen LogP contribution in [0.25, 0.3) is 5.69 Å². The quantitative estimate of drug-likeness (QED) is 0.659. The third-order valence-electron chi connectivity index (χ3n) is 2.41. The van der Waals surface area contributed by atoms with Crippen molar-refractivity contribution in [3.63, 3.8) is 0 Å². The zero-order chi connectivity index (χ0) is 14.2. The molecule has 8 heteroatoms. The smallest absolute Gasteiger partial charge is 0.384 e. The Morgan fingerprint density at radius 2 is 2.05 bits per heavy atom. The number of rotatable bonds is 2. The summed E-state index contributed by atoms with van der Waals surface area (Å²) in [7, 11) is 0. The summed E-state index contributed by atoms with van der Waals surface area (Å²) in [5, 5.41) is 11.6. The molecule has 0 aliphatic rings. The molecule has 1 aromatic heterocycles. The molecule has 0 fully saturated rings. The standard InChI is InChI=1S/C11H8ClF3N4/c12-7-4-18-19(5-7)9-2-1-6(11(13,14)15)3-8(9)10(16)17/h1-5H,(H3,16,17). The van der Waals surface area contributed by atoms with E-state index in [0.717, 1.165) is 12.1 Å². The van der Waals surface area contributed by atoms with Gasteiger partial charge in [0.05, 0.1) is 22.5 Å². The van der Waals surface area contributed by atoms with E-state index in [1.165, 1.54) is 23.1 Å². The van der Waals surface area contributed by atoms with Crippen LogP contribution in [-0.4, -0.2) is 15.6 Å². The molecule has 0 radical (unpaired) electrons. The molecule has 0 amide bonds. The van der Waals surface area contributed by atoms with E-state index in [2.05, 4.69) is 5.10 Å². The van der Waals surface area contributed by atoms with Crippen molar-refractivity contribution in [2.75, 3.05) is 0 Å². The predicted molar refractivity (Wildman–Crippen MR) is 64.6 cm³/mol. The van der Waals surface area contributed by atoms with Crippen LogP contribution in [0.3, 0.4) is 0 Å². The van der Waals surface area contributed by atoms with Gasteiger partial charge in [-0.15, -0.1) is 0 Å². The molecule has 2 rings (SSSR count). The minimum absolute atomic E-state index is 0.0606. The average molecular weight is 289 g/mol. The molecule has 100 valence electrons. The van der Waals surface area contributed by atoms with E-state index in [0.29, 0.717) is 5.02 Å². The Labute approximate surface area is 111 Å². The van der Waals surface area contributed by atoms with Gasteiger partial charge in [0.2, 0.25) is 0 Å². The number of nitrogens with zero attached hydrogens (tertiary/aromatic N) is 2. The molecule has 2 aromatic rings. The first kappa shape index (κ1) is 13.4. The van der Waals surface area contributed by atoms with Crippen molar-refractivity contribution in [1.29, 1.82) is 5.41 Å². The topological polar surface area (TPSA) is 67.7 Å². The fourth-order valence-corrected chi connectivity index (χ4v) is 1.70. The Hall–Kier alpha value is -2.02.